The maximum Gasteiger partial charge on any atom is 0.248 e. The van der Waals surface area contributed by atoms with E-state index in [4.69, 9.17) is 10.3 Å². The SMILES string of the molecule is Cc1noc(CN=C(N)NC2CCCC2)n1. The molecule has 1 aliphatic carbocycles. The van der Waals surface area contributed by atoms with Gasteiger partial charge in [-0.3, -0.25) is 0 Å². The summed E-state index contributed by atoms with van der Waals surface area (Å²) in [6.07, 6.45) is 4.90. The standard InChI is InChI=1S/C10H17N5O/c1-7-13-9(16-15-7)6-12-10(11)14-8-4-2-3-5-8/h8H,2-6H2,1H3,(H3,11,12,14). The number of hydrogen-bond donors (Lipinski definition) is 2. The van der Waals surface area contributed by atoms with Crippen LogP contribution in [0.2, 0.25) is 0 Å². The quantitative estimate of drug-likeness (QED) is 0.582. The van der Waals surface area contributed by atoms with E-state index in [1.165, 1.54) is 25.7 Å². The third kappa shape index (κ3) is 2.95. The molecule has 0 aliphatic heterocycles. The molecule has 6 heteroatoms. The molecule has 0 amide bonds. The molecular weight excluding hydrogens is 206 g/mol. The first-order valence-electron chi connectivity index (χ1n) is 5.59. The summed E-state index contributed by atoms with van der Waals surface area (Å²) in [6, 6.07) is 0.480. The van der Waals surface area contributed by atoms with Gasteiger partial charge in [-0.05, 0) is 19.8 Å². The number of nitrogens with two attached hydrogens (primary N) is 1. The molecule has 1 saturated carbocycles. The molecule has 0 aromatic carbocycles. The summed E-state index contributed by atoms with van der Waals surface area (Å²) in [5.74, 6) is 1.57. The van der Waals surface area contributed by atoms with Crippen LogP contribution in [0.15, 0.2) is 9.52 Å². The molecule has 0 radical (unpaired) electrons. The average molecular weight is 223 g/mol. The van der Waals surface area contributed by atoms with E-state index in [9.17, 15) is 0 Å². The number of hydrogen-bond acceptors (Lipinski definition) is 4. The van der Waals surface area contributed by atoms with E-state index in [1.54, 1.807) is 6.92 Å². The topological polar surface area (TPSA) is 89.3 Å². The van der Waals surface area contributed by atoms with Gasteiger partial charge in [0.05, 0.1) is 0 Å². The predicted molar refractivity (Wildman–Crippen MR) is 59.8 cm³/mol. The largest absolute Gasteiger partial charge is 0.370 e. The van der Waals surface area contributed by atoms with Crippen molar-refractivity contribution < 1.29 is 4.52 Å². The van der Waals surface area contributed by atoms with Crippen LogP contribution in [-0.2, 0) is 6.54 Å². The Labute approximate surface area is 94.3 Å². The Morgan fingerprint density at radius 1 is 1.56 bits per heavy atom. The second-order valence-electron chi connectivity index (χ2n) is 4.06. The summed E-state index contributed by atoms with van der Waals surface area (Å²) in [5.41, 5.74) is 5.76. The molecule has 1 aromatic rings. The number of nitrogens with zero attached hydrogens (tertiary/aromatic N) is 3. The minimum absolute atomic E-state index is 0.340. The van der Waals surface area contributed by atoms with Crippen LogP contribution < -0.4 is 11.1 Å². The Morgan fingerprint density at radius 3 is 2.94 bits per heavy atom. The van der Waals surface area contributed by atoms with E-state index in [2.05, 4.69) is 20.4 Å². The highest BCUT2D eigenvalue weighted by Gasteiger charge is 2.14. The molecule has 88 valence electrons. The molecule has 0 unspecified atom stereocenters. The van der Waals surface area contributed by atoms with Crippen molar-refractivity contribution in [3.8, 4) is 0 Å². The van der Waals surface area contributed by atoms with E-state index in [0.29, 0.717) is 30.3 Å². The van der Waals surface area contributed by atoms with Crippen molar-refractivity contribution in [1.82, 2.24) is 15.5 Å². The van der Waals surface area contributed by atoms with Crippen LogP contribution in [0.5, 0.6) is 0 Å². The molecule has 6 nitrogen and oxygen atoms in total. The van der Waals surface area contributed by atoms with Crippen LogP contribution in [0, 0.1) is 6.92 Å². The Morgan fingerprint density at radius 2 is 2.31 bits per heavy atom. The van der Waals surface area contributed by atoms with Gasteiger partial charge < -0.3 is 15.6 Å². The lowest BCUT2D eigenvalue weighted by Crippen LogP contribution is -2.38. The smallest absolute Gasteiger partial charge is 0.248 e. The van der Waals surface area contributed by atoms with Crippen molar-refractivity contribution in [2.24, 2.45) is 10.7 Å². The molecule has 2 rings (SSSR count). The number of aliphatic imine (C=N–C) groups is 1. The van der Waals surface area contributed by atoms with Crippen LogP contribution in [-0.4, -0.2) is 22.1 Å². The van der Waals surface area contributed by atoms with Crippen molar-refractivity contribution in [3.05, 3.63) is 11.7 Å². The highest BCUT2D eigenvalue weighted by Crippen LogP contribution is 2.17. The zero-order valence-corrected chi connectivity index (χ0v) is 9.44. The van der Waals surface area contributed by atoms with Gasteiger partial charge in [0.15, 0.2) is 11.8 Å². The molecule has 0 saturated heterocycles. The summed E-state index contributed by atoms with van der Waals surface area (Å²) < 4.78 is 4.93. The summed E-state index contributed by atoms with van der Waals surface area (Å²) in [5, 5.41) is 6.88. The molecule has 3 N–H and O–H groups in total. The maximum atomic E-state index is 5.76. The van der Waals surface area contributed by atoms with Crippen LogP contribution >= 0.6 is 0 Å². The minimum atomic E-state index is 0.340. The van der Waals surface area contributed by atoms with Gasteiger partial charge in [-0.1, -0.05) is 18.0 Å². The number of aromatic nitrogens is 2. The fraction of sp³-hybridized carbons (Fsp3) is 0.700. The van der Waals surface area contributed by atoms with Crippen molar-refractivity contribution in [2.45, 2.75) is 45.2 Å². The van der Waals surface area contributed by atoms with Gasteiger partial charge in [0, 0.05) is 6.04 Å². The summed E-state index contributed by atoms with van der Waals surface area (Å²) >= 11 is 0. The second kappa shape index (κ2) is 4.96. The normalized spacial score (nSPS) is 17.9. The Hall–Kier alpha value is -1.59. The first kappa shape index (κ1) is 10.9. The number of guanidine groups is 1. The van der Waals surface area contributed by atoms with E-state index >= 15 is 0 Å². The monoisotopic (exact) mass is 223 g/mol. The van der Waals surface area contributed by atoms with E-state index < -0.39 is 0 Å². The summed E-state index contributed by atoms with van der Waals surface area (Å²) in [7, 11) is 0. The molecular formula is C10H17N5O. The molecule has 0 atom stereocenters. The van der Waals surface area contributed by atoms with Gasteiger partial charge in [-0.15, -0.1) is 0 Å². The molecule has 1 heterocycles. The van der Waals surface area contributed by atoms with E-state index in [1.807, 2.05) is 0 Å². The number of aryl methyl sites for hydroxylation is 1. The maximum absolute atomic E-state index is 5.76. The molecule has 1 fully saturated rings. The number of rotatable bonds is 3. The minimum Gasteiger partial charge on any atom is -0.370 e. The van der Waals surface area contributed by atoms with Crippen LogP contribution in [0.1, 0.15) is 37.4 Å². The van der Waals surface area contributed by atoms with Crippen LogP contribution in [0.4, 0.5) is 0 Å². The zero-order valence-electron chi connectivity index (χ0n) is 9.44. The van der Waals surface area contributed by atoms with Crippen molar-refractivity contribution in [2.75, 3.05) is 0 Å². The third-order valence-electron chi connectivity index (χ3n) is 2.66. The Balaban J connectivity index is 1.81. The zero-order chi connectivity index (χ0) is 11.4. The van der Waals surface area contributed by atoms with Gasteiger partial charge in [0.2, 0.25) is 5.89 Å². The first-order chi connectivity index (χ1) is 7.74. The molecule has 0 spiro atoms. The van der Waals surface area contributed by atoms with Gasteiger partial charge in [-0.25, -0.2) is 4.99 Å². The lowest BCUT2D eigenvalue weighted by atomic mass is 10.2. The highest BCUT2D eigenvalue weighted by atomic mass is 16.5. The Kier molecular flexibility index (Phi) is 3.38. The fourth-order valence-electron chi connectivity index (χ4n) is 1.88. The lowest BCUT2D eigenvalue weighted by molar-refractivity contribution is 0.376. The third-order valence-corrected chi connectivity index (χ3v) is 2.66. The molecule has 16 heavy (non-hydrogen) atoms. The van der Waals surface area contributed by atoms with Gasteiger partial charge >= 0.3 is 0 Å². The van der Waals surface area contributed by atoms with Crippen molar-refractivity contribution >= 4 is 5.96 Å². The molecule has 1 aliphatic rings. The van der Waals surface area contributed by atoms with Gasteiger partial charge in [0.25, 0.3) is 0 Å². The van der Waals surface area contributed by atoms with E-state index in [-0.39, 0.29) is 0 Å². The van der Waals surface area contributed by atoms with Gasteiger partial charge in [0.1, 0.15) is 6.54 Å². The number of nitrogens with one attached hydrogen (secondary N) is 1. The summed E-state index contributed by atoms with van der Waals surface area (Å²) in [4.78, 5) is 8.20. The molecule has 0 bridgehead atoms. The fourth-order valence-corrected chi connectivity index (χ4v) is 1.88. The summed E-state index contributed by atoms with van der Waals surface area (Å²) in [6.45, 7) is 2.11. The second-order valence-corrected chi connectivity index (χ2v) is 4.06. The highest BCUT2D eigenvalue weighted by molar-refractivity contribution is 5.78. The molecule has 1 aromatic heterocycles. The lowest BCUT2D eigenvalue weighted by Gasteiger charge is -2.11. The van der Waals surface area contributed by atoms with Gasteiger partial charge in [-0.2, -0.15) is 4.98 Å². The first-order valence-corrected chi connectivity index (χ1v) is 5.59. The van der Waals surface area contributed by atoms with Crippen molar-refractivity contribution in [1.29, 1.82) is 0 Å². The van der Waals surface area contributed by atoms with Crippen LogP contribution in [0.25, 0.3) is 0 Å². The predicted octanol–water partition coefficient (Wildman–Crippen LogP) is 0.725. The van der Waals surface area contributed by atoms with Crippen LogP contribution in [0.3, 0.4) is 0 Å². The van der Waals surface area contributed by atoms with Crippen molar-refractivity contribution in [3.63, 3.8) is 0 Å². The van der Waals surface area contributed by atoms with E-state index in [0.717, 1.165) is 0 Å². The Bertz CT molecular complexity index is 367. The average Bonchev–Trinajstić information content (AvgIpc) is 2.87.